The highest BCUT2D eigenvalue weighted by molar-refractivity contribution is 7.80. The van der Waals surface area contributed by atoms with Crippen molar-refractivity contribution < 1.29 is 18.7 Å². The van der Waals surface area contributed by atoms with Crippen molar-refractivity contribution in [3.63, 3.8) is 0 Å². The molecule has 0 aromatic heterocycles. The fourth-order valence-electron chi connectivity index (χ4n) is 2.10. The molecular formula is C11H12O4S. The molecule has 86 valence electrons. The van der Waals surface area contributed by atoms with Crippen LogP contribution in [0.15, 0.2) is 24.3 Å². The quantitative estimate of drug-likeness (QED) is 0.792. The van der Waals surface area contributed by atoms with E-state index in [4.69, 9.17) is 5.11 Å². The van der Waals surface area contributed by atoms with Gasteiger partial charge in [0, 0.05) is 0 Å². The maximum atomic E-state index is 11.4. The fraction of sp³-hybridized carbons (Fsp3) is 0.364. The molecule has 0 bridgehead atoms. The molecule has 5 heteroatoms. The van der Waals surface area contributed by atoms with Gasteiger partial charge in [0.15, 0.2) is 11.1 Å². The van der Waals surface area contributed by atoms with E-state index < -0.39 is 21.8 Å². The van der Waals surface area contributed by atoms with Gasteiger partial charge < -0.3 is 9.66 Å². The van der Waals surface area contributed by atoms with E-state index in [0.717, 1.165) is 6.42 Å². The molecule has 1 aliphatic carbocycles. The molecule has 1 fully saturated rings. The molecule has 2 N–H and O–H groups in total. The fourth-order valence-corrected chi connectivity index (χ4v) is 3.11. The molecular weight excluding hydrogens is 228 g/mol. The van der Waals surface area contributed by atoms with Gasteiger partial charge in [0.1, 0.15) is 0 Å². The summed E-state index contributed by atoms with van der Waals surface area (Å²) in [6.07, 6.45) is 2.00. The van der Waals surface area contributed by atoms with Gasteiger partial charge in [-0.1, -0.05) is 18.2 Å². The van der Waals surface area contributed by atoms with Gasteiger partial charge >= 0.3 is 5.97 Å². The molecule has 1 saturated carbocycles. The van der Waals surface area contributed by atoms with Gasteiger partial charge in [0.05, 0.1) is 10.3 Å². The van der Waals surface area contributed by atoms with Crippen LogP contribution in [-0.2, 0) is 15.8 Å². The standard InChI is InChI=1S/C11H12O4S/c12-10(13)8-4-1-2-5-9(8)11(16(14)15)6-3-7-11/h1-2,4-5H,3,6-7H2,(H,12,13)(H,14,15). The Morgan fingerprint density at radius 3 is 2.38 bits per heavy atom. The minimum Gasteiger partial charge on any atom is -0.478 e. The number of carboxylic acids is 1. The number of benzene rings is 1. The average Bonchev–Trinajstić information content (AvgIpc) is 2.15. The van der Waals surface area contributed by atoms with Crippen LogP contribution in [0, 0.1) is 0 Å². The lowest BCUT2D eigenvalue weighted by molar-refractivity contribution is 0.0693. The Bertz CT molecular complexity index is 451. The van der Waals surface area contributed by atoms with E-state index in [-0.39, 0.29) is 5.56 Å². The van der Waals surface area contributed by atoms with Gasteiger partial charge in [-0.2, -0.15) is 0 Å². The third-order valence-corrected chi connectivity index (χ3v) is 4.44. The molecule has 0 spiro atoms. The zero-order chi connectivity index (χ0) is 11.8. The van der Waals surface area contributed by atoms with Crippen molar-refractivity contribution in [2.24, 2.45) is 0 Å². The van der Waals surface area contributed by atoms with E-state index in [1.807, 2.05) is 0 Å². The Hall–Kier alpha value is -1.20. The molecule has 0 heterocycles. The van der Waals surface area contributed by atoms with Crippen molar-refractivity contribution in [3.05, 3.63) is 35.4 Å². The lowest BCUT2D eigenvalue weighted by Gasteiger charge is -2.39. The SMILES string of the molecule is O=C(O)c1ccccc1C1(S(=O)O)CCC1. The van der Waals surface area contributed by atoms with Crippen LogP contribution in [0.4, 0.5) is 0 Å². The summed E-state index contributed by atoms with van der Waals surface area (Å²) in [5, 5.41) is 9.05. The highest BCUT2D eigenvalue weighted by atomic mass is 32.2. The third-order valence-electron chi connectivity index (χ3n) is 3.14. The van der Waals surface area contributed by atoms with Crippen LogP contribution in [0.1, 0.15) is 35.2 Å². The summed E-state index contributed by atoms with van der Waals surface area (Å²) in [6.45, 7) is 0. The molecule has 1 unspecified atom stereocenters. The second-order valence-electron chi connectivity index (χ2n) is 3.95. The number of rotatable bonds is 3. The van der Waals surface area contributed by atoms with Gasteiger partial charge in [-0.05, 0) is 30.9 Å². The molecule has 1 atom stereocenters. The Labute approximate surface area is 95.6 Å². The van der Waals surface area contributed by atoms with Crippen molar-refractivity contribution in [2.45, 2.75) is 24.0 Å². The number of hydrogen-bond donors (Lipinski definition) is 2. The normalized spacial score (nSPS) is 19.8. The predicted octanol–water partition coefficient (Wildman–Crippen LogP) is 1.99. The smallest absolute Gasteiger partial charge is 0.336 e. The van der Waals surface area contributed by atoms with E-state index in [0.29, 0.717) is 18.4 Å². The minimum absolute atomic E-state index is 0.129. The molecule has 1 aliphatic rings. The van der Waals surface area contributed by atoms with Gasteiger partial charge in [-0.25, -0.2) is 9.00 Å². The topological polar surface area (TPSA) is 74.6 Å². The van der Waals surface area contributed by atoms with E-state index in [1.54, 1.807) is 18.2 Å². The van der Waals surface area contributed by atoms with E-state index in [1.165, 1.54) is 6.07 Å². The van der Waals surface area contributed by atoms with Crippen molar-refractivity contribution in [1.29, 1.82) is 0 Å². The second kappa shape index (κ2) is 3.99. The van der Waals surface area contributed by atoms with Crippen molar-refractivity contribution in [1.82, 2.24) is 0 Å². The van der Waals surface area contributed by atoms with Crippen molar-refractivity contribution in [3.8, 4) is 0 Å². The molecule has 4 nitrogen and oxygen atoms in total. The largest absolute Gasteiger partial charge is 0.478 e. The van der Waals surface area contributed by atoms with Crippen LogP contribution in [0.3, 0.4) is 0 Å². The lowest BCUT2D eigenvalue weighted by atomic mass is 9.77. The summed E-state index contributed by atoms with van der Waals surface area (Å²) in [6, 6.07) is 6.44. The van der Waals surface area contributed by atoms with Crippen LogP contribution >= 0.6 is 0 Å². The molecule has 1 aromatic rings. The Kier molecular flexibility index (Phi) is 2.82. The summed E-state index contributed by atoms with van der Waals surface area (Å²) in [7, 11) is 0. The molecule has 0 amide bonds. The molecule has 0 aliphatic heterocycles. The molecule has 0 radical (unpaired) electrons. The zero-order valence-corrected chi connectivity index (χ0v) is 9.37. The van der Waals surface area contributed by atoms with Gasteiger partial charge in [-0.15, -0.1) is 0 Å². The van der Waals surface area contributed by atoms with E-state index in [9.17, 15) is 13.6 Å². The number of carbonyl (C=O) groups is 1. The maximum Gasteiger partial charge on any atom is 0.336 e. The van der Waals surface area contributed by atoms with Crippen molar-refractivity contribution in [2.75, 3.05) is 0 Å². The van der Waals surface area contributed by atoms with Gasteiger partial charge in [-0.3, -0.25) is 0 Å². The van der Waals surface area contributed by atoms with E-state index >= 15 is 0 Å². The predicted molar refractivity (Wildman–Crippen MR) is 59.7 cm³/mol. The summed E-state index contributed by atoms with van der Waals surface area (Å²) < 4.78 is 19.9. The number of aromatic carboxylic acids is 1. The number of hydrogen-bond acceptors (Lipinski definition) is 2. The van der Waals surface area contributed by atoms with Gasteiger partial charge in [0.25, 0.3) is 0 Å². The summed E-state index contributed by atoms with van der Waals surface area (Å²) in [5.41, 5.74) is 0.610. The molecule has 2 rings (SSSR count). The van der Waals surface area contributed by atoms with Crippen LogP contribution < -0.4 is 0 Å². The average molecular weight is 240 g/mol. The monoisotopic (exact) mass is 240 g/mol. The Morgan fingerprint density at radius 2 is 1.94 bits per heavy atom. The Morgan fingerprint density at radius 1 is 1.31 bits per heavy atom. The summed E-state index contributed by atoms with van der Waals surface area (Å²) in [5.74, 6) is -1.05. The second-order valence-corrected chi connectivity index (χ2v) is 5.23. The van der Waals surface area contributed by atoms with Crippen LogP contribution in [0.2, 0.25) is 0 Å². The minimum atomic E-state index is -2.02. The van der Waals surface area contributed by atoms with Crippen LogP contribution in [0.25, 0.3) is 0 Å². The van der Waals surface area contributed by atoms with Gasteiger partial charge in [0.2, 0.25) is 0 Å². The first-order valence-corrected chi connectivity index (χ1v) is 6.12. The molecule has 1 aromatic carbocycles. The highest BCUT2D eigenvalue weighted by Gasteiger charge is 2.46. The summed E-state index contributed by atoms with van der Waals surface area (Å²) in [4.78, 5) is 11.1. The van der Waals surface area contributed by atoms with E-state index in [2.05, 4.69) is 0 Å². The highest BCUT2D eigenvalue weighted by Crippen LogP contribution is 2.47. The first-order valence-electron chi connectivity index (χ1n) is 5.02. The van der Waals surface area contributed by atoms with Crippen LogP contribution in [-0.4, -0.2) is 19.8 Å². The third kappa shape index (κ3) is 1.56. The summed E-state index contributed by atoms with van der Waals surface area (Å²) >= 11 is -2.02. The zero-order valence-electron chi connectivity index (χ0n) is 8.55. The maximum absolute atomic E-state index is 11.4. The number of carboxylic acid groups (broad SMARTS) is 1. The van der Waals surface area contributed by atoms with Crippen molar-refractivity contribution >= 4 is 17.0 Å². The van der Waals surface area contributed by atoms with Crippen LogP contribution in [0.5, 0.6) is 0 Å². The molecule has 16 heavy (non-hydrogen) atoms. The Balaban J connectivity index is 2.54. The molecule has 0 saturated heterocycles. The lowest BCUT2D eigenvalue weighted by Crippen LogP contribution is -2.39. The first-order chi connectivity index (χ1) is 7.58. The first kappa shape index (κ1) is 11.3.